The van der Waals surface area contributed by atoms with Gasteiger partial charge in [-0.05, 0) is 17.8 Å². The van der Waals surface area contributed by atoms with Crippen LogP contribution < -0.4 is 4.74 Å². The number of halogens is 4. The molecule has 0 saturated heterocycles. The van der Waals surface area contributed by atoms with Crippen molar-refractivity contribution in [1.29, 1.82) is 0 Å². The van der Waals surface area contributed by atoms with Gasteiger partial charge in [-0.1, -0.05) is 18.2 Å². The Bertz CT molecular complexity index is 330. The van der Waals surface area contributed by atoms with E-state index in [9.17, 15) is 13.2 Å². The molecule has 0 saturated carbocycles. The zero-order chi connectivity index (χ0) is 12.0. The molecule has 1 rings (SSSR count). The summed E-state index contributed by atoms with van der Waals surface area (Å²) in [6.07, 6.45) is 0. The lowest BCUT2D eigenvalue weighted by Gasteiger charge is -2.10. The van der Waals surface area contributed by atoms with E-state index in [0.717, 1.165) is 5.56 Å². The van der Waals surface area contributed by atoms with Crippen LogP contribution >= 0.6 is 23.4 Å². The number of benzene rings is 1. The average Bonchev–Trinajstić information content (AvgIpc) is 2.23. The Hall–Kier alpha value is -0.550. The summed E-state index contributed by atoms with van der Waals surface area (Å²) in [5, 5.41) is 0. The van der Waals surface area contributed by atoms with E-state index < -0.39 is 5.51 Å². The lowest BCUT2D eigenvalue weighted by Crippen LogP contribution is -2.08. The molecule has 0 N–H and O–H groups in total. The van der Waals surface area contributed by atoms with Crippen molar-refractivity contribution in [2.24, 2.45) is 0 Å². The maximum atomic E-state index is 11.8. The predicted octanol–water partition coefficient (Wildman–Crippen LogP) is 4.06. The molecule has 0 amide bonds. The molecule has 6 heteroatoms. The topological polar surface area (TPSA) is 9.23 Å². The lowest BCUT2D eigenvalue weighted by atomic mass is 10.2. The Kier molecular flexibility index (Phi) is 5.28. The van der Waals surface area contributed by atoms with Crippen LogP contribution in [-0.4, -0.2) is 17.9 Å². The Balaban J connectivity index is 2.37. The van der Waals surface area contributed by atoms with Crippen LogP contribution in [0.3, 0.4) is 0 Å². The SMILES string of the molecule is FC(F)(F)SCCOc1ccccc1CCl. The molecule has 0 unspecified atom stereocenters. The number of thioether (sulfide) groups is 1. The van der Waals surface area contributed by atoms with Crippen LogP contribution in [0, 0.1) is 0 Å². The number of para-hydroxylation sites is 1. The van der Waals surface area contributed by atoms with Crippen LogP contribution in [0.15, 0.2) is 24.3 Å². The van der Waals surface area contributed by atoms with Gasteiger partial charge in [-0.15, -0.1) is 11.6 Å². The summed E-state index contributed by atoms with van der Waals surface area (Å²) in [6, 6.07) is 7.02. The van der Waals surface area contributed by atoms with Crippen molar-refractivity contribution < 1.29 is 17.9 Å². The largest absolute Gasteiger partial charge is 0.492 e. The first-order chi connectivity index (χ1) is 7.53. The molecule has 0 atom stereocenters. The van der Waals surface area contributed by atoms with Gasteiger partial charge in [0.15, 0.2) is 0 Å². The highest BCUT2D eigenvalue weighted by Gasteiger charge is 2.27. The van der Waals surface area contributed by atoms with E-state index in [1.54, 1.807) is 24.3 Å². The zero-order valence-corrected chi connectivity index (χ0v) is 9.83. The summed E-state index contributed by atoms with van der Waals surface area (Å²) >= 11 is 5.56. The highest BCUT2D eigenvalue weighted by atomic mass is 35.5. The molecule has 1 aromatic carbocycles. The van der Waals surface area contributed by atoms with Gasteiger partial charge >= 0.3 is 5.51 Å². The number of rotatable bonds is 5. The normalized spacial score (nSPS) is 11.5. The van der Waals surface area contributed by atoms with E-state index in [4.69, 9.17) is 16.3 Å². The minimum absolute atomic E-state index is 0.0120. The first kappa shape index (κ1) is 13.5. The van der Waals surface area contributed by atoms with Gasteiger partial charge in [0.1, 0.15) is 5.75 Å². The molecule has 0 aliphatic rings. The standard InChI is InChI=1S/C10H10ClF3OS/c11-7-8-3-1-2-4-9(8)15-5-6-16-10(12,13)14/h1-4H,5-7H2. The fourth-order valence-corrected chi connectivity index (χ4v) is 1.68. The van der Waals surface area contributed by atoms with Crippen molar-refractivity contribution in [2.45, 2.75) is 11.4 Å². The zero-order valence-electron chi connectivity index (χ0n) is 8.26. The average molecular weight is 271 g/mol. The van der Waals surface area contributed by atoms with Gasteiger partial charge in [0.05, 0.1) is 12.5 Å². The first-order valence-corrected chi connectivity index (χ1v) is 6.02. The van der Waals surface area contributed by atoms with E-state index in [2.05, 4.69) is 0 Å². The minimum Gasteiger partial charge on any atom is -0.492 e. The Morgan fingerprint density at radius 1 is 1.25 bits per heavy atom. The van der Waals surface area contributed by atoms with Gasteiger partial charge in [0.25, 0.3) is 0 Å². The molecule has 0 aromatic heterocycles. The van der Waals surface area contributed by atoms with Crippen molar-refractivity contribution in [1.82, 2.24) is 0 Å². The molecule has 90 valence electrons. The monoisotopic (exact) mass is 270 g/mol. The van der Waals surface area contributed by atoms with Crippen molar-refractivity contribution >= 4 is 23.4 Å². The van der Waals surface area contributed by atoms with Crippen molar-refractivity contribution in [2.75, 3.05) is 12.4 Å². The molecule has 1 aromatic rings. The second kappa shape index (κ2) is 6.25. The first-order valence-electron chi connectivity index (χ1n) is 4.50. The summed E-state index contributed by atoms with van der Waals surface area (Å²) < 4.78 is 40.7. The minimum atomic E-state index is -4.20. The number of ether oxygens (including phenoxy) is 1. The second-order valence-corrected chi connectivity index (χ2v) is 4.31. The molecule has 0 spiro atoms. The number of hydrogen-bond acceptors (Lipinski definition) is 2. The van der Waals surface area contributed by atoms with E-state index in [-0.39, 0.29) is 30.0 Å². The third-order valence-corrected chi connectivity index (χ3v) is 2.71. The highest BCUT2D eigenvalue weighted by Crippen LogP contribution is 2.30. The Morgan fingerprint density at radius 3 is 2.56 bits per heavy atom. The quantitative estimate of drug-likeness (QED) is 0.589. The van der Waals surface area contributed by atoms with Crippen LogP contribution in [-0.2, 0) is 5.88 Å². The van der Waals surface area contributed by atoms with Crippen molar-refractivity contribution in [3.05, 3.63) is 29.8 Å². The molecule has 0 fully saturated rings. The Labute approximate surface area is 101 Å². The third kappa shape index (κ3) is 4.99. The van der Waals surface area contributed by atoms with Crippen LogP contribution in [0.25, 0.3) is 0 Å². The van der Waals surface area contributed by atoms with Crippen LogP contribution in [0.5, 0.6) is 5.75 Å². The highest BCUT2D eigenvalue weighted by molar-refractivity contribution is 8.00. The lowest BCUT2D eigenvalue weighted by molar-refractivity contribution is -0.0329. The summed E-state index contributed by atoms with van der Waals surface area (Å²) in [5.41, 5.74) is -3.42. The summed E-state index contributed by atoms with van der Waals surface area (Å²) in [6.45, 7) is 0.0120. The summed E-state index contributed by atoms with van der Waals surface area (Å²) in [4.78, 5) is 0. The molecule has 0 bridgehead atoms. The second-order valence-electron chi connectivity index (χ2n) is 2.88. The van der Waals surface area contributed by atoms with Crippen LogP contribution in [0.2, 0.25) is 0 Å². The molecular weight excluding hydrogens is 261 g/mol. The fraction of sp³-hybridized carbons (Fsp3) is 0.400. The van der Waals surface area contributed by atoms with E-state index >= 15 is 0 Å². The summed E-state index contributed by atoms with van der Waals surface area (Å²) in [5.74, 6) is 0.697. The van der Waals surface area contributed by atoms with Crippen LogP contribution in [0.4, 0.5) is 13.2 Å². The third-order valence-electron chi connectivity index (χ3n) is 1.72. The molecule has 0 radical (unpaired) electrons. The fourth-order valence-electron chi connectivity index (χ4n) is 1.06. The van der Waals surface area contributed by atoms with E-state index in [1.165, 1.54) is 0 Å². The van der Waals surface area contributed by atoms with Crippen LogP contribution in [0.1, 0.15) is 5.56 Å². The smallest absolute Gasteiger partial charge is 0.441 e. The van der Waals surface area contributed by atoms with Gasteiger partial charge in [-0.25, -0.2) is 0 Å². The number of alkyl halides is 4. The molecule has 0 heterocycles. The number of hydrogen-bond donors (Lipinski definition) is 0. The van der Waals surface area contributed by atoms with E-state index in [0.29, 0.717) is 5.75 Å². The molecule has 0 aliphatic heterocycles. The summed E-state index contributed by atoms with van der Waals surface area (Å²) in [7, 11) is 0. The maximum Gasteiger partial charge on any atom is 0.441 e. The van der Waals surface area contributed by atoms with Gasteiger partial charge in [-0.3, -0.25) is 0 Å². The van der Waals surface area contributed by atoms with Gasteiger partial charge < -0.3 is 4.74 Å². The van der Waals surface area contributed by atoms with Gasteiger partial charge in [0, 0.05) is 11.3 Å². The van der Waals surface area contributed by atoms with E-state index in [1.807, 2.05) is 0 Å². The maximum absolute atomic E-state index is 11.8. The Morgan fingerprint density at radius 2 is 1.94 bits per heavy atom. The van der Waals surface area contributed by atoms with Gasteiger partial charge in [0.2, 0.25) is 0 Å². The predicted molar refractivity (Wildman–Crippen MR) is 60.0 cm³/mol. The molecular formula is C10H10ClF3OS. The molecule has 1 nitrogen and oxygen atoms in total. The van der Waals surface area contributed by atoms with Crippen molar-refractivity contribution in [3.63, 3.8) is 0 Å². The molecule has 16 heavy (non-hydrogen) atoms. The van der Waals surface area contributed by atoms with Crippen molar-refractivity contribution in [3.8, 4) is 5.75 Å². The molecule has 0 aliphatic carbocycles. The van der Waals surface area contributed by atoms with Gasteiger partial charge in [-0.2, -0.15) is 13.2 Å².